The topological polar surface area (TPSA) is 64.4 Å². The van der Waals surface area contributed by atoms with Crippen molar-refractivity contribution in [1.29, 1.82) is 0 Å². The summed E-state index contributed by atoms with van der Waals surface area (Å²) in [6.07, 6.45) is 8.57. The molecule has 122 valence electrons. The average Bonchev–Trinajstić information content (AvgIpc) is 2.94. The van der Waals surface area contributed by atoms with Crippen molar-refractivity contribution in [3.05, 3.63) is 41.7 Å². The molecule has 0 bridgehead atoms. The molecule has 23 heavy (non-hydrogen) atoms. The van der Waals surface area contributed by atoms with Gasteiger partial charge in [0.15, 0.2) is 0 Å². The van der Waals surface area contributed by atoms with Crippen LogP contribution in [0.1, 0.15) is 11.1 Å². The van der Waals surface area contributed by atoms with Crippen molar-refractivity contribution < 1.29 is 13.2 Å². The molecule has 6 nitrogen and oxygen atoms in total. The molecule has 0 saturated carbocycles. The zero-order valence-corrected chi connectivity index (χ0v) is 14.2. The van der Waals surface area contributed by atoms with Crippen molar-refractivity contribution in [1.82, 2.24) is 14.1 Å². The first-order valence-electron chi connectivity index (χ1n) is 6.94. The van der Waals surface area contributed by atoms with E-state index in [2.05, 4.69) is 11.0 Å². The molecule has 0 radical (unpaired) electrons. The van der Waals surface area contributed by atoms with E-state index in [1.165, 1.54) is 18.5 Å². The third-order valence-electron chi connectivity index (χ3n) is 3.35. The van der Waals surface area contributed by atoms with Crippen molar-refractivity contribution in [2.45, 2.75) is 24.9 Å². The fourth-order valence-electron chi connectivity index (χ4n) is 2.16. The number of hydrogen-bond acceptors (Lipinski definition) is 4. The van der Waals surface area contributed by atoms with Crippen molar-refractivity contribution in [2.75, 3.05) is 14.2 Å². The largest absolute Gasteiger partial charge is 0.495 e. The number of benzene rings is 1. The van der Waals surface area contributed by atoms with Crippen LogP contribution in [0.2, 0.25) is 0 Å². The molecule has 0 saturated heterocycles. The summed E-state index contributed by atoms with van der Waals surface area (Å²) in [6.45, 7) is 2.38. The van der Waals surface area contributed by atoms with Crippen molar-refractivity contribution in [3.8, 4) is 18.1 Å². The van der Waals surface area contributed by atoms with Crippen LogP contribution >= 0.6 is 0 Å². The van der Waals surface area contributed by atoms with E-state index in [9.17, 15) is 8.42 Å². The summed E-state index contributed by atoms with van der Waals surface area (Å²) in [6, 6.07) is 5.06. The number of aromatic nitrogens is 2. The predicted octanol–water partition coefficient (Wildman–Crippen LogP) is 1.65. The van der Waals surface area contributed by atoms with Crippen LogP contribution in [0.4, 0.5) is 0 Å². The third-order valence-corrected chi connectivity index (χ3v) is 5.18. The van der Waals surface area contributed by atoms with Gasteiger partial charge in [0, 0.05) is 25.4 Å². The Bertz CT molecular complexity index is 834. The molecule has 0 amide bonds. The lowest BCUT2D eigenvalue weighted by Gasteiger charge is -2.18. The first-order valence-corrected chi connectivity index (χ1v) is 8.38. The van der Waals surface area contributed by atoms with Crippen LogP contribution < -0.4 is 4.74 Å². The molecule has 0 N–H and O–H groups in total. The van der Waals surface area contributed by atoms with E-state index < -0.39 is 10.0 Å². The Balaban J connectivity index is 2.28. The van der Waals surface area contributed by atoms with E-state index in [0.29, 0.717) is 12.3 Å². The number of sulfonamides is 1. The first-order chi connectivity index (χ1) is 10.9. The minimum Gasteiger partial charge on any atom is -0.495 e. The second kappa shape index (κ2) is 6.86. The summed E-state index contributed by atoms with van der Waals surface area (Å²) in [4.78, 5) is 0.151. The molecule has 0 unspecified atom stereocenters. The predicted molar refractivity (Wildman–Crippen MR) is 87.4 cm³/mol. The molecular formula is C16H19N3O3S. The van der Waals surface area contributed by atoms with Gasteiger partial charge in [-0.25, -0.2) is 8.42 Å². The van der Waals surface area contributed by atoms with Gasteiger partial charge >= 0.3 is 0 Å². The molecule has 1 aromatic carbocycles. The van der Waals surface area contributed by atoms with E-state index >= 15 is 0 Å². The van der Waals surface area contributed by atoms with Gasteiger partial charge in [-0.05, 0) is 24.6 Å². The fraction of sp³-hybridized carbons (Fsp3) is 0.312. The van der Waals surface area contributed by atoms with E-state index in [-0.39, 0.29) is 11.4 Å². The lowest BCUT2D eigenvalue weighted by atomic mass is 10.2. The van der Waals surface area contributed by atoms with Gasteiger partial charge in [0.2, 0.25) is 10.0 Å². The highest BCUT2D eigenvalue weighted by molar-refractivity contribution is 7.89. The molecule has 0 aliphatic heterocycles. The third kappa shape index (κ3) is 3.73. The zero-order valence-electron chi connectivity index (χ0n) is 13.4. The number of rotatable bonds is 6. The first kappa shape index (κ1) is 17.1. The maximum atomic E-state index is 12.8. The standard InChI is InChI=1S/C16H19N3O3S/c1-5-8-19-12-14(10-17-19)11-18(3)23(20,21)16-9-13(2)6-7-15(16)22-4/h1,6-7,9-10,12H,8,11H2,2-4H3. The average molecular weight is 333 g/mol. The van der Waals surface area contributed by atoms with Gasteiger partial charge in [-0.1, -0.05) is 12.0 Å². The number of aryl methyl sites for hydroxylation is 1. The van der Waals surface area contributed by atoms with Gasteiger partial charge in [-0.3, -0.25) is 4.68 Å². The molecule has 2 aromatic rings. The Morgan fingerprint density at radius 2 is 2.17 bits per heavy atom. The molecule has 1 heterocycles. The molecule has 0 aliphatic rings. The number of hydrogen-bond donors (Lipinski definition) is 0. The van der Waals surface area contributed by atoms with Crippen molar-refractivity contribution in [3.63, 3.8) is 0 Å². The summed E-state index contributed by atoms with van der Waals surface area (Å²) in [5, 5.41) is 4.09. The fourth-order valence-corrected chi connectivity index (χ4v) is 3.56. The van der Waals surface area contributed by atoms with E-state index in [1.807, 2.05) is 13.0 Å². The van der Waals surface area contributed by atoms with Crippen LogP contribution in [-0.2, 0) is 23.1 Å². The molecule has 2 rings (SSSR count). The maximum Gasteiger partial charge on any atom is 0.246 e. The van der Waals surface area contributed by atoms with E-state index in [1.54, 1.807) is 29.2 Å². The molecule has 7 heteroatoms. The zero-order chi connectivity index (χ0) is 17.0. The van der Waals surface area contributed by atoms with Gasteiger partial charge in [0.1, 0.15) is 17.2 Å². The SMILES string of the molecule is C#CCn1cc(CN(C)S(=O)(=O)c2cc(C)ccc2OC)cn1. The van der Waals surface area contributed by atoms with Gasteiger partial charge in [-0.15, -0.1) is 6.42 Å². The Morgan fingerprint density at radius 1 is 1.43 bits per heavy atom. The summed E-state index contributed by atoms with van der Waals surface area (Å²) < 4.78 is 33.6. The van der Waals surface area contributed by atoms with E-state index in [4.69, 9.17) is 11.2 Å². The van der Waals surface area contributed by atoms with Gasteiger partial charge in [0.05, 0.1) is 13.3 Å². The van der Waals surface area contributed by atoms with Gasteiger partial charge < -0.3 is 4.74 Å². The summed E-state index contributed by atoms with van der Waals surface area (Å²) in [5.41, 5.74) is 1.61. The number of ether oxygens (including phenoxy) is 1. The summed E-state index contributed by atoms with van der Waals surface area (Å²) in [5.74, 6) is 2.80. The highest BCUT2D eigenvalue weighted by Gasteiger charge is 2.25. The summed E-state index contributed by atoms with van der Waals surface area (Å²) in [7, 11) is -0.699. The second-order valence-electron chi connectivity index (χ2n) is 5.17. The maximum absolute atomic E-state index is 12.8. The second-order valence-corrected chi connectivity index (χ2v) is 7.18. The van der Waals surface area contributed by atoms with Crippen LogP contribution in [0.25, 0.3) is 0 Å². The van der Waals surface area contributed by atoms with Crippen LogP contribution in [0, 0.1) is 19.3 Å². The van der Waals surface area contributed by atoms with Gasteiger partial charge in [-0.2, -0.15) is 9.40 Å². The Hall–Kier alpha value is -2.30. The highest BCUT2D eigenvalue weighted by Crippen LogP contribution is 2.27. The highest BCUT2D eigenvalue weighted by atomic mass is 32.2. The minimum absolute atomic E-state index is 0.151. The Labute approximate surface area is 136 Å². The molecule has 0 aliphatic carbocycles. The van der Waals surface area contributed by atoms with Crippen LogP contribution in [-0.4, -0.2) is 36.7 Å². The monoisotopic (exact) mass is 333 g/mol. The number of methoxy groups -OCH3 is 1. The number of terminal acetylenes is 1. The molecular weight excluding hydrogens is 314 g/mol. The smallest absolute Gasteiger partial charge is 0.246 e. The van der Waals surface area contributed by atoms with Crippen molar-refractivity contribution in [2.24, 2.45) is 0 Å². The normalized spacial score (nSPS) is 11.4. The van der Waals surface area contributed by atoms with Crippen LogP contribution in [0.5, 0.6) is 5.75 Å². The molecule has 0 atom stereocenters. The number of nitrogens with zero attached hydrogens (tertiary/aromatic N) is 3. The quantitative estimate of drug-likeness (QED) is 0.754. The molecule has 0 fully saturated rings. The lowest BCUT2D eigenvalue weighted by Crippen LogP contribution is -2.26. The van der Waals surface area contributed by atoms with Crippen LogP contribution in [0.15, 0.2) is 35.5 Å². The Morgan fingerprint density at radius 3 is 2.83 bits per heavy atom. The Kier molecular flexibility index (Phi) is 5.08. The molecule has 1 aromatic heterocycles. The molecule has 0 spiro atoms. The van der Waals surface area contributed by atoms with E-state index in [0.717, 1.165) is 11.1 Å². The van der Waals surface area contributed by atoms with Crippen molar-refractivity contribution >= 4 is 10.0 Å². The lowest BCUT2D eigenvalue weighted by molar-refractivity contribution is 0.397. The minimum atomic E-state index is -3.67. The van der Waals surface area contributed by atoms with Gasteiger partial charge in [0.25, 0.3) is 0 Å². The summed E-state index contributed by atoms with van der Waals surface area (Å²) >= 11 is 0. The van der Waals surface area contributed by atoms with Crippen LogP contribution in [0.3, 0.4) is 0 Å².